The average molecular weight is 318 g/mol. The Kier molecular flexibility index (Phi) is 5.61. The number of halogens is 3. The first-order valence-electron chi connectivity index (χ1n) is 6.78. The third kappa shape index (κ3) is 4.59. The summed E-state index contributed by atoms with van der Waals surface area (Å²) < 4.78 is 39.4. The van der Waals surface area contributed by atoms with Crippen LogP contribution < -0.4 is 10.6 Å². The van der Waals surface area contributed by atoms with Crippen LogP contribution in [0.4, 0.5) is 18.9 Å². The normalized spacial score (nSPS) is 13.3. The molecule has 1 rings (SSSR count). The molecule has 0 aliphatic carbocycles. The second-order valence-electron chi connectivity index (χ2n) is 5.68. The van der Waals surface area contributed by atoms with Gasteiger partial charge in [0, 0.05) is 24.3 Å². The summed E-state index contributed by atoms with van der Waals surface area (Å²) in [5, 5.41) is 0. The van der Waals surface area contributed by atoms with Gasteiger partial charge in [0.05, 0.1) is 5.56 Å². The van der Waals surface area contributed by atoms with Gasteiger partial charge in [0.15, 0.2) is 0 Å². The zero-order valence-electron chi connectivity index (χ0n) is 12.7. The van der Waals surface area contributed by atoms with Crippen molar-refractivity contribution in [3.63, 3.8) is 0 Å². The highest BCUT2D eigenvalue weighted by molar-refractivity contribution is 7.80. The molecule has 0 radical (unpaired) electrons. The first-order valence-corrected chi connectivity index (χ1v) is 7.18. The Balaban J connectivity index is 3.19. The van der Waals surface area contributed by atoms with E-state index in [1.165, 1.54) is 6.07 Å². The van der Waals surface area contributed by atoms with Crippen LogP contribution in [-0.2, 0) is 6.18 Å². The fourth-order valence-corrected chi connectivity index (χ4v) is 2.47. The standard InChI is InChI=1S/C15H21F3N2S/c1-9(2)7-10(3)20(4)11-5-6-12(14(19)21)13(8-11)15(16,17)18/h5-6,8-10H,7H2,1-4H3,(H2,19,21). The second-order valence-corrected chi connectivity index (χ2v) is 6.12. The third-order valence-electron chi connectivity index (χ3n) is 3.45. The fraction of sp³-hybridized carbons (Fsp3) is 0.533. The van der Waals surface area contributed by atoms with Crippen LogP contribution in [0.3, 0.4) is 0 Å². The minimum atomic E-state index is -4.48. The fourth-order valence-electron chi connectivity index (χ4n) is 2.30. The number of hydrogen-bond acceptors (Lipinski definition) is 2. The molecule has 21 heavy (non-hydrogen) atoms. The number of benzene rings is 1. The minimum absolute atomic E-state index is 0.133. The van der Waals surface area contributed by atoms with Crippen molar-refractivity contribution in [2.75, 3.05) is 11.9 Å². The molecule has 0 aliphatic heterocycles. The van der Waals surface area contributed by atoms with E-state index >= 15 is 0 Å². The largest absolute Gasteiger partial charge is 0.417 e. The summed E-state index contributed by atoms with van der Waals surface area (Å²) in [7, 11) is 1.79. The molecule has 0 aromatic heterocycles. The van der Waals surface area contributed by atoms with E-state index in [0.717, 1.165) is 12.5 Å². The van der Waals surface area contributed by atoms with Gasteiger partial charge in [-0.05, 0) is 37.5 Å². The van der Waals surface area contributed by atoms with Crippen LogP contribution in [0.15, 0.2) is 18.2 Å². The van der Waals surface area contributed by atoms with Crippen molar-refractivity contribution in [1.82, 2.24) is 0 Å². The van der Waals surface area contributed by atoms with Crippen molar-refractivity contribution in [2.45, 2.75) is 39.4 Å². The van der Waals surface area contributed by atoms with E-state index in [1.54, 1.807) is 13.1 Å². The third-order valence-corrected chi connectivity index (χ3v) is 3.67. The molecule has 1 atom stereocenters. The first-order chi connectivity index (χ1) is 9.54. The van der Waals surface area contributed by atoms with Gasteiger partial charge in [0.2, 0.25) is 0 Å². The quantitative estimate of drug-likeness (QED) is 0.825. The van der Waals surface area contributed by atoms with Gasteiger partial charge in [-0.15, -0.1) is 0 Å². The van der Waals surface area contributed by atoms with Gasteiger partial charge in [-0.1, -0.05) is 26.1 Å². The number of nitrogens with two attached hydrogens (primary N) is 1. The van der Waals surface area contributed by atoms with E-state index < -0.39 is 11.7 Å². The Morgan fingerprint density at radius 1 is 1.29 bits per heavy atom. The number of rotatable bonds is 5. The molecule has 0 aliphatic rings. The zero-order chi connectivity index (χ0) is 16.4. The Labute approximate surface area is 129 Å². The van der Waals surface area contributed by atoms with E-state index in [9.17, 15) is 13.2 Å². The van der Waals surface area contributed by atoms with Crippen LogP contribution in [0.1, 0.15) is 38.3 Å². The van der Waals surface area contributed by atoms with Crippen molar-refractivity contribution in [2.24, 2.45) is 11.7 Å². The molecule has 2 nitrogen and oxygen atoms in total. The highest BCUT2D eigenvalue weighted by Gasteiger charge is 2.34. The molecule has 118 valence electrons. The summed E-state index contributed by atoms with van der Waals surface area (Å²) in [6.45, 7) is 6.16. The minimum Gasteiger partial charge on any atom is -0.389 e. The van der Waals surface area contributed by atoms with Crippen molar-refractivity contribution < 1.29 is 13.2 Å². The van der Waals surface area contributed by atoms with Gasteiger partial charge < -0.3 is 10.6 Å². The number of hydrogen-bond donors (Lipinski definition) is 1. The summed E-state index contributed by atoms with van der Waals surface area (Å²) in [6.07, 6.45) is -3.58. The number of alkyl halides is 3. The summed E-state index contributed by atoms with van der Waals surface area (Å²) in [4.78, 5) is 1.60. The Bertz CT molecular complexity index is 512. The van der Waals surface area contributed by atoms with Gasteiger partial charge >= 0.3 is 6.18 Å². The predicted molar refractivity (Wildman–Crippen MR) is 84.7 cm³/mol. The van der Waals surface area contributed by atoms with Gasteiger partial charge in [-0.25, -0.2) is 0 Å². The summed E-state index contributed by atoms with van der Waals surface area (Å²) >= 11 is 4.70. The topological polar surface area (TPSA) is 29.3 Å². The molecule has 1 aromatic rings. The van der Waals surface area contributed by atoms with Crippen molar-refractivity contribution in [3.05, 3.63) is 29.3 Å². The Morgan fingerprint density at radius 2 is 1.86 bits per heavy atom. The van der Waals surface area contributed by atoms with E-state index in [0.29, 0.717) is 11.6 Å². The second kappa shape index (κ2) is 6.64. The molecule has 2 N–H and O–H groups in total. The molecule has 0 saturated carbocycles. The van der Waals surface area contributed by atoms with Crippen molar-refractivity contribution in [3.8, 4) is 0 Å². The number of anilines is 1. The molecule has 0 bridgehead atoms. The maximum Gasteiger partial charge on any atom is 0.417 e. The molecule has 0 heterocycles. The van der Waals surface area contributed by atoms with Crippen LogP contribution in [0.25, 0.3) is 0 Å². The van der Waals surface area contributed by atoms with Crippen LogP contribution in [-0.4, -0.2) is 18.1 Å². The van der Waals surface area contributed by atoms with Gasteiger partial charge in [-0.3, -0.25) is 0 Å². The van der Waals surface area contributed by atoms with E-state index in [-0.39, 0.29) is 16.6 Å². The SMILES string of the molecule is CC(C)CC(C)N(C)c1ccc(C(N)=S)c(C(F)(F)F)c1. The number of thiocarbonyl (C=S) groups is 1. The zero-order valence-corrected chi connectivity index (χ0v) is 13.5. The lowest BCUT2D eigenvalue weighted by Gasteiger charge is -2.29. The lowest BCUT2D eigenvalue weighted by atomic mass is 10.0. The van der Waals surface area contributed by atoms with E-state index in [1.807, 2.05) is 11.8 Å². The van der Waals surface area contributed by atoms with Gasteiger partial charge in [0.25, 0.3) is 0 Å². The van der Waals surface area contributed by atoms with E-state index in [2.05, 4.69) is 13.8 Å². The van der Waals surface area contributed by atoms with Crippen molar-refractivity contribution in [1.29, 1.82) is 0 Å². The predicted octanol–water partition coefficient (Wildman–Crippen LogP) is 4.21. The monoisotopic (exact) mass is 318 g/mol. The summed E-state index contributed by atoms with van der Waals surface area (Å²) in [6, 6.07) is 4.23. The lowest BCUT2D eigenvalue weighted by molar-refractivity contribution is -0.137. The highest BCUT2D eigenvalue weighted by Crippen LogP contribution is 2.35. The van der Waals surface area contributed by atoms with Crippen molar-refractivity contribution >= 4 is 22.9 Å². The number of nitrogens with zero attached hydrogens (tertiary/aromatic N) is 1. The molecular formula is C15H21F3N2S. The van der Waals surface area contributed by atoms with Crippen LogP contribution in [0.2, 0.25) is 0 Å². The smallest absolute Gasteiger partial charge is 0.389 e. The lowest BCUT2D eigenvalue weighted by Crippen LogP contribution is -2.30. The van der Waals surface area contributed by atoms with E-state index in [4.69, 9.17) is 18.0 Å². The molecule has 0 fully saturated rings. The maximum atomic E-state index is 13.1. The summed E-state index contributed by atoms with van der Waals surface area (Å²) in [5.41, 5.74) is 4.98. The summed E-state index contributed by atoms with van der Waals surface area (Å²) in [5.74, 6) is 0.473. The highest BCUT2D eigenvalue weighted by atomic mass is 32.1. The Morgan fingerprint density at radius 3 is 2.29 bits per heavy atom. The van der Waals surface area contributed by atoms with Crippen LogP contribution in [0.5, 0.6) is 0 Å². The maximum absolute atomic E-state index is 13.1. The average Bonchev–Trinajstić information content (AvgIpc) is 2.35. The van der Waals surface area contributed by atoms with Gasteiger partial charge in [0.1, 0.15) is 4.99 Å². The van der Waals surface area contributed by atoms with Crippen LogP contribution in [0, 0.1) is 5.92 Å². The molecule has 1 aromatic carbocycles. The first kappa shape index (κ1) is 17.8. The molecular weight excluding hydrogens is 297 g/mol. The van der Waals surface area contributed by atoms with Gasteiger partial charge in [-0.2, -0.15) is 13.2 Å². The molecule has 1 unspecified atom stereocenters. The molecule has 0 saturated heterocycles. The van der Waals surface area contributed by atoms with Crippen LogP contribution >= 0.6 is 12.2 Å². The Hall–Kier alpha value is -1.30. The molecule has 6 heteroatoms. The molecule has 0 spiro atoms. The molecule has 0 amide bonds.